The number of alkyl halides is 3. The van der Waals surface area contributed by atoms with Crippen LogP contribution in [0, 0.1) is 5.82 Å². The number of hydrogen-bond donors (Lipinski definition) is 0. The van der Waals surface area contributed by atoms with E-state index in [2.05, 4.69) is 5.10 Å². The molecule has 1 aromatic heterocycles. The van der Waals surface area contributed by atoms with Crippen molar-refractivity contribution in [2.45, 2.75) is 64.3 Å². The maximum atomic E-state index is 14.9. The van der Waals surface area contributed by atoms with Gasteiger partial charge in [0.25, 0.3) is 0 Å². The minimum absolute atomic E-state index is 0.0732. The van der Waals surface area contributed by atoms with E-state index in [9.17, 15) is 27.2 Å². The van der Waals surface area contributed by atoms with Gasteiger partial charge in [-0.1, -0.05) is 0 Å². The van der Waals surface area contributed by atoms with Crippen LogP contribution in [0.3, 0.4) is 0 Å². The lowest BCUT2D eigenvalue weighted by atomic mass is 10.1. The molecule has 0 saturated heterocycles. The summed E-state index contributed by atoms with van der Waals surface area (Å²) in [5.74, 6) is -2.14. The summed E-state index contributed by atoms with van der Waals surface area (Å²) in [4.78, 5) is 25.1. The molecule has 1 atom stereocenters. The van der Waals surface area contributed by atoms with Gasteiger partial charge in [0, 0.05) is 19.0 Å². The number of carbonyl (C=O) groups excluding carboxylic acids is 1. The lowest BCUT2D eigenvalue weighted by Gasteiger charge is -2.23. The Morgan fingerprint density at radius 1 is 1.23 bits per heavy atom. The molecule has 31 heavy (non-hydrogen) atoms. The van der Waals surface area contributed by atoms with Crippen LogP contribution in [0.25, 0.3) is 5.69 Å². The minimum Gasteiger partial charge on any atom is -0.480 e. The van der Waals surface area contributed by atoms with Crippen LogP contribution >= 0.6 is 0 Å². The Kier molecular flexibility index (Phi) is 5.66. The summed E-state index contributed by atoms with van der Waals surface area (Å²) in [5, 5.41) is 4.14. The Labute approximate surface area is 175 Å². The SMILES string of the molecule is CC(Oc1cc(-n2nc(C3CC3)n(C)c2=O)c(F)cc1C(=O)OC(C)(C)C)C(F)(F)F. The van der Waals surface area contributed by atoms with E-state index in [1.807, 2.05) is 0 Å². The van der Waals surface area contributed by atoms with Gasteiger partial charge >= 0.3 is 17.8 Å². The molecule has 11 heteroatoms. The fourth-order valence-electron chi connectivity index (χ4n) is 2.86. The first kappa shape index (κ1) is 22.8. The number of hydrogen-bond acceptors (Lipinski definition) is 5. The zero-order valence-corrected chi connectivity index (χ0v) is 17.7. The van der Waals surface area contributed by atoms with Crippen molar-refractivity contribution in [3.63, 3.8) is 0 Å². The van der Waals surface area contributed by atoms with Crippen molar-refractivity contribution >= 4 is 5.97 Å². The highest BCUT2D eigenvalue weighted by Gasteiger charge is 2.39. The average molecular weight is 445 g/mol. The van der Waals surface area contributed by atoms with Crippen molar-refractivity contribution < 1.29 is 31.8 Å². The van der Waals surface area contributed by atoms with E-state index in [1.165, 1.54) is 11.6 Å². The Balaban J connectivity index is 2.12. The molecule has 1 unspecified atom stereocenters. The van der Waals surface area contributed by atoms with Gasteiger partial charge in [-0.3, -0.25) is 4.57 Å². The fourth-order valence-corrected chi connectivity index (χ4v) is 2.86. The van der Waals surface area contributed by atoms with E-state index in [0.29, 0.717) is 11.9 Å². The van der Waals surface area contributed by atoms with Gasteiger partial charge in [-0.05, 0) is 46.6 Å². The highest BCUT2D eigenvalue weighted by Crippen LogP contribution is 2.38. The molecule has 0 aliphatic heterocycles. The Morgan fingerprint density at radius 3 is 2.35 bits per heavy atom. The zero-order valence-electron chi connectivity index (χ0n) is 17.7. The molecule has 0 amide bonds. The van der Waals surface area contributed by atoms with Gasteiger partial charge in [0.15, 0.2) is 6.10 Å². The van der Waals surface area contributed by atoms with Gasteiger partial charge in [0.1, 0.15) is 34.2 Å². The summed E-state index contributed by atoms with van der Waals surface area (Å²) in [6.07, 6.45) is -5.36. The smallest absolute Gasteiger partial charge is 0.425 e. The molecule has 1 aliphatic rings. The third kappa shape index (κ3) is 4.91. The number of halogens is 4. The maximum Gasteiger partial charge on any atom is 0.425 e. The number of nitrogens with zero attached hydrogens (tertiary/aromatic N) is 3. The van der Waals surface area contributed by atoms with Crippen LogP contribution in [-0.4, -0.2) is 38.2 Å². The van der Waals surface area contributed by atoms with Crippen molar-refractivity contribution in [3.05, 3.63) is 39.8 Å². The van der Waals surface area contributed by atoms with Crippen LogP contribution in [0.2, 0.25) is 0 Å². The number of rotatable bonds is 5. The monoisotopic (exact) mass is 445 g/mol. The van der Waals surface area contributed by atoms with Gasteiger partial charge < -0.3 is 9.47 Å². The minimum atomic E-state index is -4.74. The number of esters is 1. The van der Waals surface area contributed by atoms with Crippen molar-refractivity contribution in [2.75, 3.05) is 0 Å². The van der Waals surface area contributed by atoms with E-state index < -0.39 is 52.4 Å². The maximum absolute atomic E-state index is 14.9. The highest BCUT2D eigenvalue weighted by atomic mass is 19.4. The summed E-state index contributed by atoms with van der Waals surface area (Å²) in [6.45, 7) is 5.42. The molecular formula is C20H23F4N3O4. The highest BCUT2D eigenvalue weighted by molar-refractivity contribution is 5.93. The quantitative estimate of drug-likeness (QED) is 0.516. The number of benzene rings is 1. The van der Waals surface area contributed by atoms with Crippen LogP contribution in [0.15, 0.2) is 16.9 Å². The normalized spacial score (nSPS) is 15.6. The molecule has 1 fully saturated rings. The first-order chi connectivity index (χ1) is 14.2. The molecule has 170 valence electrons. The van der Waals surface area contributed by atoms with Crippen LogP contribution in [0.4, 0.5) is 17.6 Å². The second kappa shape index (κ2) is 7.69. The third-order valence-electron chi connectivity index (χ3n) is 4.62. The molecule has 1 heterocycles. The van der Waals surface area contributed by atoms with E-state index in [1.54, 1.807) is 20.8 Å². The zero-order chi connectivity index (χ0) is 23.3. The molecule has 2 aromatic rings. The van der Waals surface area contributed by atoms with Crippen molar-refractivity contribution in [1.82, 2.24) is 14.3 Å². The second-order valence-electron chi connectivity index (χ2n) is 8.49. The predicted octanol–water partition coefficient (Wildman–Crippen LogP) is 3.87. The summed E-state index contributed by atoms with van der Waals surface area (Å²) in [5.41, 5.74) is -2.60. The molecule has 0 radical (unpaired) electrons. The van der Waals surface area contributed by atoms with E-state index in [-0.39, 0.29) is 5.92 Å². The largest absolute Gasteiger partial charge is 0.480 e. The van der Waals surface area contributed by atoms with Crippen molar-refractivity contribution in [1.29, 1.82) is 0 Å². The molecular weight excluding hydrogens is 422 g/mol. The van der Waals surface area contributed by atoms with Crippen LogP contribution in [0.5, 0.6) is 5.75 Å². The van der Waals surface area contributed by atoms with E-state index in [4.69, 9.17) is 9.47 Å². The first-order valence-electron chi connectivity index (χ1n) is 9.65. The molecule has 1 saturated carbocycles. The van der Waals surface area contributed by atoms with Crippen LogP contribution in [0.1, 0.15) is 62.6 Å². The van der Waals surface area contributed by atoms with E-state index >= 15 is 0 Å². The number of carbonyl (C=O) groups is 1. The van der Waals surface area contributed by atoms with Gasteiger partial charge in [0.2, 0.25) is 0 Å². The van der Waals surface area contributed by atoms with Crippen LogP contribution in [-0.2, 0) is 11.8 Å². The van der Waals surface area contributed by atoms with E-state index in [0.717, 1.165) is 30.5 Å². The molecule has 0 N–H and O–H groups in total. The van der Waals surface area contributed by atoms with Gasteiger partial charge in [0.05, 0.1) is 0 Å². The molecule has 1 aliphatic carbocycles. The van der Waals surface area contributed by atoms with Crippen molar-refractivity contribution in [3.8, 4) is 11.4 Å². The average Bonchev–Trinajstić information content (AvgIpc) is 3.41. The Bertz CT molecular complexity index is 1060. The topological polar surface area (TPSA) is 75.4 Å². The van der Waals surface area contributed by atoms with Gasteiger partial charge in [-0.2, -0.15) is 17.9 Å². The van der Waals surface area contributed by atoms with Gasteiger partial charge in [-0.25, -0.2) is 14.0 Å². The lowest BCUT2D eigenvalue weighted by molar-refractivity contribution is -0.189. The fraction of sp³-hybridized carbons (Fsp3) is 0.550. The third-order valence-corrected chi connectivity index (χ3v) is 4.62. The van der Waals surface area contributed by atoms with Crippen molar-refractivity contribution in [2.24, 2.45) is 7.05 Å². The molecule has 7 nitrogen and oxygen atoms in total. The molecule has 0 spiro atoms. The standard InChI is InChI=1S/C20H23F4N3O4/c1-10(20(22,23)24)30-15-9-14(13(21)8-12(15)17(28)31-19(2,3)4)27-18(29)26(5)16(25-27)11-6-7-11/h8-11H,6-7H2,1-5H3. The number of ether oxygens (including phenoxy) is 2. The molecule has 1 aromatic carbocycles. The predicted molar refractivity (Wildman–Crippen MR) is 102 cm³/mol. The summed E-state index contributed by atoms with van der Waals surface area (Å²) < 4.78 is 66.3. The number of aromatic nitrogens is 3. The summed E-state index contributed by atoms with van der Waals surface area (Å²) in [6, 6.07) is 1.56. The second-order valence-corrected chi connectivity index (χ2v) is 8.49. The first-order valence-corrected chi connectivity index (χ1v) is 9.65. The summed E-state index contributed by atoms with van der Waals surface area (Å²) in [7, 11) is 1.48. The Morgan fingerprint density at radius 2 is 1.84 bits per heavy atom. The van der Waals surface area contributed by atoms with Crippen LogP contribution < -0.4 is 10.4 Å². The summed E-state index contributed by atoms with van der Waals surface area (Å²) >= 11 is 0. The molecule has 0 bridgehead atoms. The Hall–Kier alpha value is -2.85. The van der Waals surface area contributed by atoms with Gasteiger partial charge in [-0.15, -0.1) is 5.10 Å². The lowest BCUT2D eigenvalue weighted by Crippen LogP contribution is -2.32. The molecule has 3 rings (SSSR count).